The summed E-state index contributed by atoms with van der Waals surface area (Å²) in [4.78, 5) is 11.2. The largest absolute Gasteiger partial charge is 0.355 e. The van der Waals surface area contributed by atoms with Crippen LogP contribution in [0.25, 0.3) is 0 Å². The third-order valence-electron chi connectivity index (χ3n) is 1.58. The second-order valence-electron chi connectivity index (χ2n) is 2.56. The van der Waals surface area contributed by atoms with Crippen LogP contribution < -0.4 is 10.6 Å². The fourth-order valence-electron chi connectivity index (χ4n) is 0.935. The van der Waals surface area contributed by atoms with Gasteiger partial charge in [-0.3, -0.25) is 10.1 Å². The van der Waals surface area contributed by atoms with Crippen LogP contribution in [0, 0.1) is 0 Å². The highest BCUT2D eigenvalue weighted by atomic mass is 32.2. The second kappa shape index (κ2) is 4.62. The smallest absolute Gasteiger partial charge is 0.238 e. The lowest BCUT2D eigenvalue weighted by atomic mass is 10.3. The van der Waals surface area contributed by atoms with E-state index in [1.54, 1.807) is 11.8 Å². The molecule has 0 spiro atoms. The van der Waals surface area contributed by atoms with Crippen molar-refractivity contribution in [2.75, 3.05) is 18.2 Å². The SMILES string of the molecule is CCCNC(=O)[C@@H]1CSCN1. The van der Waals surface area contributed by atoms with Gasteiger partial charge in [-0.1, -0.05) is 6.92 Å². The average molecular weight is 174 g/mol. The molecule has 2 N–H and O–H groups in total. The Morgan fingerprint density at radius 2 is 2.64 bits per heavy atom. The molecule has 0 aromatic rings. The van der Waals surface area contributed by atoms with Crippen LogP contribution in [0.3, 0.4) is 0 Å². The lowest BCUT2D eigenvalue weighted by Crippen LogP contribution is -2.42. The van der Waals surface area contributed by atoms with Crippen LogP contribution in [0.1, 0.15) is 13.3 Å². The third kappa shape index (κ3) is 2.71. The summed E-state index contributed by atoms with van der Waals surface area (Å²) in [6.07, 6.45) is 1.01. The molecule has 1 rings (SSSR count). The molecule has 1 aliphatic heterocycles. The van der Waals surface area contributed by atoms with Gasteiger partial charge in [0.1, 0.15) is 0 Å². The van der Waals surface area contributed by atoms with Gasteiger partial charge in [0.2, 0.25) is 5.91 Å². The van der Waals surface area contributed by atoms with Gasteiger partial charge in [-0.25, -0.2) is 0 Å². The number of hydrogen-bond acceptors (Lipinski definition) is 3. The zero-order chi connectivity index (χ0) is 8.10. The zero-order valence-electron chi connectivity index (χ0n) is 6.72. The van der Waals surface area contributed by atoms with E-state index in [0.29, 0.717) is 0 Å². The summed E-state index contributed by atoms with van der Waals surface area (Å²) in [7, 11) is 0. The van der Waals surface area contributed by atoms with Crippen molar-refractivity contribution in [3.05, 3.63) is 0 Å². The van der Waals surface area contributed by atoms with Crippen LogP contribution in [-0.2, 0) is 4.79 Å². The molecule has 0 bridgehead atoms. The average Bonchev–Trinajstić information content (AvgIpc) is 2.52. The van der Waals surface area contributed by atoms with Crippen molar-refractivity contribution in [1.29, 1.82) is 0 Å². The predicted molar refractivity (Wildman–Crippen MR) is 47.5 cm³/mol. The van der Waals surface area contributed by atoms with Crippen LogP contribution in [0.4, 0.5) is 0 Å². The molecular formula is C7H14N2OS. The fourth-order valence-corrected chi connectivity index (χ4v) is 1.88. The van der Waals surface area contributed by atoms with E-state index in [1.807, 2.05) is 0 Å². The number of hydrogen-bond donors (Lipinski definition) is 2. The molecule has 0 aromatic heterocycles. The Morgan fingerprint density at radius 1 is 1.82 bits per heavy atom. The number of thioether (sulfide) groups is 1. The molecule has 1 amide bonds. The minimum atomic E-state index is 0.0477. The van der Waals surface area contributed by atoms with Crippen molar-refractivity contribution in [3.63, 3.8) is 0 Å². The zero-order valence-corrected chi connectivity index (χ0v) is 7.54. The molecule has 0 radical (unpaired) electrons. The molecule has 1 saturated heterocycles. The van der Waals surface area contributed by atoms with Gasteiger partial charge in [-0.2, -0.15) is 0 Å². The highest BCUT2D eigenvalue weighted by Crippen LogP contribution is 2.08. The second-order valence-corrected chi connectivity index (χ2v) is 3.59. The van der Waals surface area contributed by atoms with Gasteiger partial charge in [0.15, 0.2) is 0 Å². The van der Waals surface area contributed by atoms with E-state index in [1.165, 1.54) is 0 Å². The Kier molecular flexibility index (Phi) is 3.72. The van der Waals surface area contributed by atoms with Crippen LogP contribution in [0.15, 0.2) is 0 Å². The molecule has 0 saturated carbocycles. The fraction of sp³-hybridized carbons (Fsp3) is 0.857. The Bertz CT molecular complexity index is 134. The lowest BCUT2D eigenvalue weighted by Gasteiger charge is -2.08. The van der Waals surface area contributed by atoms with Crippen LogP contribution in [-0.4, -0.2) is 30.1 Å². The third-order valence-corrected chi connectivity index (χ3v) is 2.52. The molecule has 3 nitrogen and oxygen atoms in total. The summed E-state index contributed by atoms with van der Waals surface area (Å²) in [6.45, 7) is 2.85. The quantitative estimate of drug-likeness (QED) is 0.641. The molecule has 1 heterocycles. The van der Waals surface area contributed by atoms with E-state index in [2.05, 4.69) is 17.6 Å². The van der Waals surface area contributed by atoms with Gasteiger partial charge in [0.05, 0.1) is 6.04 Å². The van der Waals surface area contributed by atoms with Crippen molar-refractivity contribution in [3.8, 4) is 0 Å². The van der Waals surface area contributed by atoms with Gasteiger partial charge >= 0.3 is 0 Å². The normalized spacial score (nSPS) is 23.5. The topological polar surface area (TPSA) is 41.1 Å². The summed E-state index contributed by atoms with van der Waals surface area (Å²) in [5, 5.41) is 5.98. The first-order valence-electron chi connectivity index (χ1n) is 3.93. The van der Waals surface area contributed by atoms with Gasteiger partial charge < -0.3 is 5.32 Å². The van der Waals surface area contributed by atoms with Crippen molar-refractivity contribution >= 4 is 17.7 Å². The van der Waals surface area contributed by atoms with Crippen LogP contribution >= 0.6 is 11.8 Å². The molecule has 11 heavy (non-hydrogen) atoms. The van der Waals surface area contributed by atoms with Gasteiger partial charge in [-0.05, 0) is 6.42 Å². The Morgan fingerprint density at radius 3 is 3.18 bits per heavy atom. The maximum absolute atomic E-state index is 11.2. The van der Waals surface area contributed by atoms with Crippen molar-refractivity contribution in [2.45, 2.75) is 19.4 Å². The van der Waals surface area contributed by atoms with E-state index in [-0.39, 0.29) is 11.9 Å². The maximum Gasteiger partial charge on any atom is 0.238 e. The van der Waals surface area contributed by atoms with E-state index in [9.17, 15) is 4.79 Å². The lowest BCUT2D eigenvalue weighted by molar-refractivity contribution is -0.122. The first-order chi connectivity index (χ1) is 5.34. The molecule has 1 aliphatic rings. The van der Waals surface area contributed by atoms with E-state index < -0.39 is 0 Å². The number of rotatable bonds is 3. The monoisotopic (exact) mass is 174 g/mol. The summed E-state index contributed by atoms with van der Waals surface area (Å²) in [6, 6.07) is 0.0477. The number of carbonyl (C=O) groups excluding carboxylic acids is 1. The maximum atomic E-state index is 11.2. The summed E-state index contributed by atoms with van der Waals surface area (Å²) >= 11 is 1.77. The van der Waals surface area contributed by atoms with Crippen molar-refractivity contribution < 1.29 is 4.79 Å². The van der Waals surface area contributed by atoms with Crippen LogP contribution in [0.2, 0.25) is 0 Å². The standard InChI is InChI=1S/C7H14N2OS/c1-2-3-8-7(10)6-4-11-5-9-6/h6,9H,2-5H2,1H3,(H,8,10)/t6-/m0/s1. The first kappa shape index (κ1) is 8.87. The predicted octanol–water partition coefficient (Wildman–Crippen LogP) is 0.175. The summed E-state index contributed by atoms with van der Waals surface area (Å²) in [5.74, 6) is 1.97. The highest BCUT2D eigenvalue weighted by molar-refractivity contribution is 7.99. The number of amides is 1. The van der Waals surface area contributed by atoms with E-state index in [4.69, 9.17) is 0 Å². The highest BCUT2D eigenvalue weighted by Gasteiger charge is 2.21. The van der Waals surface area contributed by atoms with Gasteiger partial charge in [0.25, 0.3) is 0 Å². The molecule has 64 valence electrons. The van der Waals surface area contributed by atoms with Crippen molar-refractivity contribution in [1.82, 2.24) is 10.6 Å². The molecule has 1 fully saturated rings. The number of nitrogens with one attached hydrogen (secondary N) is 2. The minimum Gasteiger partial charge on any atom is -0.355 e. The first-order valence-corrected chi connectivity index (χ1v) is 5.09. The van der Waals surface area contributed by atoms with Gasteiger partial charge in [0, 0.05) is 18.2 Å². The van der Waals surface area contributed by atoms with Crippen LogP contribution in [0.5, 0.6) is 0 Å². The number of carbonyl (C=O) groups is 1. The molecule has 0 aliphatic carbocycles. The molecule has 0 unspecified atom stereocenters. The summed E-state index contributed by atoms with van der Waals surface area (Å²) < 4.78 is 0. The molecule has 4 heteroatoms. The minimum absolute atomic E-state index is 0.0477. The summed E-state index contributed by atoms with van der Waals surface area (Å²) in [5.41, 5.74) is 0. The van der Waals surface area contributed by atoms with Gasteiger partial charge in [-0.15, -0.1) is 11.8 Å². The Labute approximate surface area is 71.3 Å². The van der Waals surface area contributed by atoms with E-state index in [0.717, 1.165) is 24.6 Å². The van der Waals surface area contributed by atoms with E-state index >= 15 is 0 Å². The Hall–Kier alpha value is -0.220. The Balaban J connectivity index is 2.17. The van der Waals surface area contributed by atoms with Crippen molar-refractivity contribution in [2.24, 2.45) is 0 Å². The molecule has 1 atom stereocenters. The molecular weight excluding hydrogens is 160 g/mol. The molecule has 0 aromatic carbocycles.